The lowest BCUT2D eigenvalue weighted by molar-refractivity contribution is 0.223. The number of likely N-dealkylation sites (N-methyl/N-ethyl adjacent to an activating group) is 1. The molecule has 1 aromatic rings. The van der Waals surface area contributed by atoms with Crippen molar-refractivity contribution in [2.75, 3.05) is 25.5 Å². The molecule has 0 aliphatic carbocycles. The van der Waals surface area contributed by atoms with Crippen molar-refractivity contribution in [3.05, 3.63) is 29.3 Å². The van der Waals surface area contributed by atoms with Crippen LogP contribution in [0.15, 0.2) is 24.3 Å². The number of carbonyl (C=O) groups is 1. The number of amides is 2. The van der Waals surface area contributed by atoms with Gasteiger partial charge in [0.05, 0.1) is 0 Å². The van der Waals surface area contributed by atoms with E-state index in [1.54, 1.807) is 31.3 Å². The normalized spacial score (nSPS) is 9.80. The lowest BCUT2D eigenvalue weighted by atomic mass is 10.3. The Morgan fingerprint density at radius 3 is 2.93 bits per heavy atom. The number of anilines is 1. The second-order valence-corrected chi connectivity index (χ2v) is 3.59. The summed E-state index contributed by atoms with van der Waals surface area (Å²) in [5.41, 5.74) is 6.02. The largest absolute Gasteiger partial charge is 0.329 e. The van der Waals surface area contributed by atoms with Gasteiger partial charge in [-0.1, -0.05) is 17.7 Å². The van der Waals surface area contributed by atoms with Crippen molar-refractivity contribution in [2.24, 2.45) is 5.73 Å². The minimum Gasteiger partial charge on any atom is -0.329 e. The molecule has 0 aromatic heterocycles. The number of nitrogens with one attached hydrogen (secondary N) is 1. The fourth-order valence-electron chi connectivity index (χ4n) is 1.08. The van der Waals surface area contributed by atoms with Crippen LogP contribution in [-0.4, -0.2) is 31.1 Å². The van der Waals surface area contributed by atoms with E-state index >= 15 is 0 Å². The molecule has 0 fully saturated rings. The quantitative estimate of drug-likeness (QED) is 0.827. The van der Waals surface area contributed by atoms with E-state index in [0.29, 0.717) is 23.8 Å². The highest BCUT2D eigenvalue weighted by atomic mass is 35.5. The van der Waals surface area contributed by atoms with Gasteiger partial charge in [0.15, 0.2) is 0 Å². The van der Waals surface area contributed by atoms with Crippen molar-refractivity contribution in [2.45, 2.75) is 0 Å². The van der Waals surface area contributed by atoms with E-state index in [9.17, 15) is 4.79 Å². The lowest BCUT2D eigenvalue weighted by Crippen LogP contribution is -2.35. The number of halogens is 1. The van der Waals surface area contributed by atoms with Crippen LogP contribution in [0.2, 0.25) is 5.02 Å². The monoisotopic (exact) mass is 227 g/mol. The Bertz CT molecular complexity index is 343. The molecule has 0 saturated carbocycles. The Morgan fingerprint density at radius 2 is 2.33 bits per heavy atom. The average molecular weight is 228 g/mol. The number of rotatable bonds is 3. The molecule has 0 heterocycles. The SMILES string of the molecule is CN(CCN)C(=O)Nc1cccc(Cl)c1. The molecular weight excluding hydrogens is 214 g/mol. The van der Waals surface area contributed by atoms with E-state index in [0.717, 1.165) is 0 Å². The third-order valence-electron chi connectivity index (χ3n) is 1.89. The van der Waals surface area contributed by atoms with E-state index in [-0.39, 0.29) is 6.03 Å². The van der Waals surface area contributed by atoms with Crippen LogP contribution in [0.4, 0.5) is 10.5 Å². The standard InChI is InChI=1S/C10H14ClN3O/c1-14(6-5-12)10(15)13-9-4-2-3-8(11)7-9/h2-4,7H,5-6,12H2,1H3,(H,13,15). The molecule has 0 saturated heterocycles. The van der Waals surface area contributed by atoms with Crippen LogP contribution in [0.3, 0.4) is 0 Å². The number of carbonyl (C=O) groups excluding carboxylic acids is 1. The maximum atomic E-state index is 11.5. The van der Waals surface area contributed by atoms with Gasteiger partial charge in [-0.25, -0.2) is 4.79 Å². The van der Waals surface area contributed by atoms with Crippen LogP contribution in [0, 0.1) is 0 Å². The molecule has 0 bridgehead atoms. The minimum atomic E-state index is -0.192. The third kappa shape index (κ3) is 3.77. The summed E-state index contributed by atoms with van der Waals surface area (Å²) in [6.45, 7) is 0.964. The molecular formula is C10H14ClN3O. The van der Waals surface area contributed by atoms with Crippen molar-refractivity contribution >= 4 is 23.3 Å². The van der Waals surface area contributed by atoms with Gasteiger partial charge in [0, 0.05) is 30.8 Å². The molecule has 4 nitrogen and oxygen atoms in total. The summed E-state index contributed by atoms with van der Waals surface area (Å²) in [5.74, 6) is 0. The van der Waals surface area contributed by atoms with Crippen molar-refractivity contribution in [3.8, 4) is 0 Å². The average Bonchev–Trinajstić information content (AvgIpc) is 2.18. The molecule has 3 N–H and O–H groups in total. The van der Waals surface area contributed by atoms with Crippen LogP contribution >= 0.6 is 11.6 Å². The molecule has 0 aliphatic heterocycles. The van der Waals surface area contributed by atoms with E-state index < -0.39 is 0 Å². The maximum absolute atomic E-state index is 11.5. The Kier molecular flexibility index (Phi) is 4.39. The first kappa shape index (κ1) is 11.8. The topological polar surface area (TPSA) is 58.4 Å². The number of hydrogen-bond donors (Lipinski definition) is 2. The van der Waals surface area contributed by atoms with Crippen LogP contribution < -0.4 is 11.1 Å². The highest BCUT2D eigenvalue weighted by Gasteiger charge is 2.07. The summed E-state index contributed by atoms with van der Waals surface area (Å²) < 4.78 is 0. The Morgan fingerprint density at radius 1 is 1.60 bits per heavy atom. The Balaban J connectivity index is 2.58. The number of benzene rings is 1. The van der Waals surface area contributed by atoms with Crippen LogP contribution in [0.5, 0.6) is 0 Å². The van der Waals surface area contributed by atoms with Gasteiger partial charge < -0.3 is 16.0 Å². The lowest BCUT2D eigenvalue weighted by Gasteiger charge is -2.16. The Hall–Kier alpha value is -1.26. The van der Waals surface area contributed by atoms with Gasteiger partial charge in [-0.3, -0.25) is 0 Å². The first-order valence-electron chi connectivity index (χ1n) is 4.61. The van der Waals surface area contributed by atoms with Gasteiger partial charge in [-0.15, -0.1) is 0 Å². The molecule has 0 unspecified atom stereocenters. The summed E-state index contributed by atoms with van der Waals surface area (Å²) in [6, 6.07) is 6.81. The minimum absolute atomic E-state index is 0.192. The molecule has 1 aromatic carbocycles. The van der Waals surface area contributed by atoms with Crippen molar-refractivity contribution in [1.29, 1.82) is 0 Å². The van der Waals surface area contributed by atoms with Gasteiger partial charge >= 0.3 is 6.03 Å². The van der Waals surface area contributed by atoms with Crippen molar-refractivity contribution in [1.82, 2.24) is 4.90 Å². The number of nitrogens with two attached hydrogens (primary N) is 1. The molecule has 0 atom stereocenters. The summed E-state index contributed by atoms with van der Waals surface area (Å²) in [4.78, 5) is 13.0. The first-order valence-corrected chi connectivity index (χ1v) is 4.99. The fourth-order valence-corrected chi connectivity index (χ4v) is 1.27. The second kappa shape index (κ2) is 5.58. The molecule has 15 heavy (non-hydrogen) atoms. The molecule has 1 rings (SSSR count). The van der Waals surface area contributed by atoms with Crippen LogP contribution in [0.25, 0.3) is 0 Å². The van der Waals surface area contributed by atoms with Gasteiger partial charge in [0.25, 0.3) is 0 Å². The molecule has 2 amide bonds. The van der Waals surface area contributed by atoms with E-state index in [2.05, 4.69) is 5.32 Å². The zero-order chi connectivity index (χ0) is 11.3. The molecule has 5 heteroatoms. The number of urea groups is 1. The summed E-state index contributed by atoms with van der Waals surface area (Å²) in [6.07, 6.45) is 0. The zero-order valence-electron chi connectivity index (χ0n) is 8.53. The molecule has 0 spiro atoms. The van der Waals surface area contributed by atoms with E-state index in [1.165, 1.54) is 4.90 Å². The first-order chi connectivity index (χ1) is 7.13. The summed E-state index contributed by atoms with van der Waals surface area (Å²) in [7, 11) is 1.69. The highest BCUT2D eigenvalue weighted by Crippen LogP contribution is 2.14. The second-order valence-electron chi connectivity index (χ2n) is 3.15. The van der Waals surface area contributed by atoms with Crippen molar-refractivity contribution in [3.63, 3.8) is 0 Å². The molecule has 0 radical (unpaired) electrons. The summed E-state index contributed by atoms with van der Waals surface area (Å²) in [5, 5.41) is 3.31. The van der Waals surface area contributed by atoms with E-state index in [1.807, 2.05) is 0 Å². The van der Waals surface area contributed by atoms with Gasteiger partial charge in [0.2, 0.25) is 0 Å². The maximum Gasteiger partial charge on any atom is 0.321 e. The smallest absolute Gasteiger partial charge is 0.321 e. The van der Waals surface area contributed by atoms with Gasteiger partial charge in [-0.2, -0.15) is 0 Å². The van der Waals surface area contributed by atoms with E-state index in [4.69, 9.17) is 17.3 Å². The fraction of sp³-hybridized carbons (Fsp3) is 0.300. The van der Waals surface area contributed by atoms with Crippen LogP contribution in [0.1, 0.15) is 0 Å². The predicted molar refractivity (Wildman–Crippen MR) is 62.2 cm³/mol. The number of hydrogen-bond acceptors (Lipinski definition) is 2. The van der Waals surface area contributed by atoms with Crippen molar-refractivity contribution < 1.29 is 4.79 Å². The van der Waals surface area contributed by atoms with Gasteiger partial charge in [0.1, 0.15) is 0 Å². The predicted octanol–water partition coefficient (Wildman–Crippen LogP) is 1.76. The summed E-state index contributed by atoms with van der Waals surface area (Å²) >= 11 is 5.78. The highest BCUT2D eigenvalue weighted by molar-refractivity contribution is 6.30. The molecule has 0 aliphatic rings. The third-order valence-corrected chi connectivity index (χ3v) is 2.12. The molecule has 82 valence electrons. The Labute approximate surface area is 94.0 Å². The van der Waals surface area contributed by atoms with Crippen LogP contribution in [-0.2, 0) is 0 Å². The number of nitrogens with zero attached hydrogens (tertiary/aromatic N) is 1. The van der Waals surface area contributed by atoms with Gasteiger partial charge in [-0.05, 0) is 18.2 Å². The zero-order valence-corrected chi connectivity index (χ0v) is 9.29.